The van der Waals surface area contributed by atoms with E-state index < -0.39 is 12.0 Å². The molecule has 8 heteroatoms. The standard InChI is InChI=1S/C14H18ClF2N5/c1-4-9(5-8(2)3)20-13(18)21-10-7-19-22(12(10)15)11-6-14(11,16)17/h5,7,11H,4,6H2,1-3H3,(H2,18,21)/b20-9+. The predicted octanol–water partition coefficient (Wildman–Crippen LogP) is 4.28. The summed E-state index contributed by atoms with van der Waals surface area (Å²) >= 11 is 6.03. The normalized spacial score (nSPS) is 19.7. The van der Waals surface area contributed by atoms with Crippen molar-refractivity contribution in [2.24, 2.45) is 4.99 Å². The van der Waals surface area contributed by atoms with E-state index in [0.29, 0.717) is 12.1 Å². The summed E-state index contributed by atoms with van der Waals surface area (Å²) in [5.41, 5.74) is 2.12. The molecule has 1 heterocycles. The maximum absolute atomic E-state index is 13.1. The van der Waals surface area contributed by atoms with Gasteiger partial charge in [0, 0.05) is 12.1 Å². The van der Waals surface area contributed by atoms with Gasteiger partial charge in [-0.25, -0.2) is 18.5 Å². The van der Waals surface area contributed by atoms with Crippen LogP contribution in [0.15, 0.2) is 22.8 Å². The van der Waals surface area contributed by atoms with Crippen molar-refractivity contribution in [2.45, 2.75) is 45.6 Å². The van der Waals surface area contributed by atoms with Gasteiger partial charge in [-0.15, -0.1) is 0 Å². The van der Waals surface area contributed by atoms with Crippen molar-refractivity contribution in [3.05, 3.63) is 23.0 Å². The van der Waals surface area contributed by atoms with Gasteiger partial charge >= 0.3 is 0 Å². The summed E-state index contributed by atoms with van der Waals surface area (Å²) in [4.78, 5) is 4.14. The number of allylic oxidation sites excluding steroid dienone is 2. The molecule has 1 aliphatic carbocycles. The zero-order valence-electron chi connectivity index (χ0n) is 12.6. The van der Waals surface area contributed by atoms with Crippen molar-refractivity contribution in [2.75, 3.05) is 5.32 Å². The summed E-state index contributed by atoms with van der Waals surface area (Å²) in [6.07, 6.45) is 3.62. The molecule has 0 aliphatic heterocycles. The van der Waals surface area contributed by atoms with Gasteiger partial charge in [-0.05, 0) is 26.3 Å². The highest BCUT2D eigenvalue weighted by molar-refractivity contribution is 6.32. The highest BCUT2D eigenvalue weighted by Crippen LogP contribution is 2.53. The van der Waals surface area contributed by atoms with Gasteiger partial charge in [0.15, 0.2) is 5.15 Å². The molecule has 1 saturated carbocycles. The molecular formula is C14H18ClF2N5. The molecule has 2 N–H and O–H groups in total. The molecule has 1 aliphatic rings. The van der Waals surface area contributed by atoms with Crippen molar-refractivity contribution >= 4 is 29.0 Å². The smallest absolute Gasteiger partial charge is 0.272 e. The maximum Gasteiger partial charge on any atom is 0.272 e. The third kappa shape index (κ3) is 3.71. The fraction of sp³-hybridized carbons (Fsp3) is 0.500. The van der Waals surface area contributed by atoms with E-state index in [2.05, 4.69) is 15.4 Å². The van der Waals surface area contributed by atoms with Gasteiger partial charge in [-0.2, -0.15) is 5.10 Å². The summed E-state index contributed by atoms with van der Waals surface area (Å²) < 4.78 is 27.2. The molecule has 1 aromatic rings. The monoisotopic (exact) mass is 329 g/mol. The molecule has 0 spiro atoms. The summed E-state index contributed by atoms with van der Waals surface area (Å²) in [6, 6.07) is -0.995. The highest BCUT2D eigenvalue weighted by Gasteiger charge is 2.59. The molecule has 1 unspecified atom stereocenters. The van der Waals surface area contributed by atoms with Gasteiger partial charge in [0.05, 0.1) is 11.9 Å². The SMILES string of the molecule is CC/C(C=C(C)C)=N\C(=N)Nc1cnn(C2CC2(F)F)c1Cl. The van der Waals surface area contributed by atoms with Gasteiger partial charge in [0.1, 0.15) is 6.04 Å². The molecule has 0 saturated heterocycles. The fourth-order valence-corrected chi connectivity index (χ4v) is 2.22. The second kappa shape index (κ2) is 6.16. The van der Waals surface area contributed by atoms with Crippen LogP contribution in [0.2, 0.25) is 5.15 Å². The van der Waals surface area contributed by atoms with Crippen LogP contribution in [0.3, 0.4) is 0 Å². The molecule has 1 fully saturated rings. The maximum atomic E-state index is 13.1. The second-order valence-corrected chi connectivity index (χ2v) is 5.78. The number of anilines is 1. The zero-order valence-corrected chi connectivity index (χ0v) is 13.4. The quantitative estimate of drug-likeness (QED) is 0.639. The lowest BCUT2D eigenvalue weighted by atomic mass is 10.2. The number of halogens is 3. The van der Waals surface area contributed by atoms with Crippen LogP contribution < -0.4 is 5.32 Å². The van der Waals surface area contributed by atoms with Crippen LogP contribution in [-0.4, -0.2) is 27.4 Å². The van der Waals surface area contributed by atoms with Crippen molar-refractivity contribution in [1.29, 1.82) is 5.41 Å². The van der Waals surface area contributed by atoms with E-state index in [9.17, 15) is 8.78 Å². The van der Waals surface area contributed by atoms with Crippen LogP contribution in [-0.2, 0) is 0 Å². The van der Waals surface area contributed by atoms with Crippen molar-refractivity contribution in [3.8, 4) is 0 Å². The first kappa shape index (κ1) is 16.6. The van der Waals surface area contributed by atoms with Gasteiger partial charge in [-0.3, -0.25) is 5.41 Å². The average molecular weight is 330 g/mol. The van der Waals surface area contributed by atoms with Crippen molar-refractivity contribution in [1.82, 2.24) is 9.78 Å². The van der Waals surface area contributed by atoms with E-state index in [4.69, 9.17) is 17.0 Å². The Bertz CT molecular complexity index is 644. The number of rotatable bonds is 4. The lowest BCUT2D eigenvalue weighted by Gasteiger charge is -2.05. The molecule has 2 rings (SSSR count). The molecular weight excluding hydrogens is 312 g/mol. The molecule has 0 aromatic carbocycles. The van der Waals surface area contributed by atoms with Gasteiger partial charge in [0.25, 0.3) is 5.92 Å². The lowest BCUT2D eigenvalue weighted by molar-refractivity contribution is 0.0984. The summed E-state index contributed by atoms with van der Waals surface area (Å²) in [5.74, 6) is -2.87. The average Bonchev–Trinajstić information content (AvgIpc) is 2.89. The number of guanidine groups is 1. The lowest BCUT2D eigenvalue weighted by Crippen LogP contribution is -2.10. The number of aromatic nitrogens is 2. The fourth-order valence-electron chi connectivity index (χ4n) is 1.96. The summed E-state index contributed by atoms with van der Waals surface area (Å²) in [7, 11) is 0. The van der Waals surface area contributed by atoms with E-state index in [-0.39, 0.29) is 17.5 Å². The third-order valence-electron chi connectivity index (χ3n) is 3.15. The number of nitrogens with zero attached hydrogens (tertiary/aromatic N) is 3. The minimum Gasteiger partial charge on any atom is -0.321 e. The van der Waals surface area contributed by atoms with Crippen LogP contribution >= 0.6 is 11.6 Å². The molecule has 22 heavy (non-hydrogen) atoms. The van der Waals surface area contributed by atoms with E-state index in [1.54, 1.807) is 0 Å². The molecule has 0 bridgehead atoms. The highest BCUT2D eigenvalue weighted by atomic mass is 35.5. The van der Waals surface area contributed by atoms with E-state index >= 15 is 0 Å². The Morgan fingerprint density at radius 2 is 2.27 bits per heavy atom. The van der Waals surface area contributed by atoms with Crippen molar-refractivity contribution < 1.29 is 8.78 Å². The first-order chi connectivity index (χ1) is 10.2. The number of hydrogen-bond acceptors (Lipinski definition) is 2. The van der Waals surface area contributed by atoms with Crippen LogP contribution in [0.25, 0.3) is 0 Å². The van der Waals surface area contributed by atoms with E-state index in [1.807, 2.05) is 26.8 Å². The molecule has 1 atom stereocenters. The first-order valence-corrected chi connectivity index (χ1v) is 7.31. The minimum absolute atomic E-state index is 0.0578. The first-order valence-electron chi connectivity index (χ1n) is 6.93. The van der Waals surface area contributed by atoms with Crippen LogP contribution in [0, 0.1) is 5.41 Å². The Kier molecular flexibility index (Phi) is 4.65. The summed E-state index contributed by atoms with van der Waals surface area (Å²) in [5, 5.41) is 14.4. The van der Waals surface area contributed by atoms with Crippen LogP contribution in [0.4, 0.5) is 14.5 Å². The van der Waals surface area contributed by atoms with Crippen LogP contribution in [0.1, 0.15) is 39.7 Å². The van der Waals surface area contributed by atoms with E-state index in [0.717, 1.165) is 16.0 Å². The van der Waals surface area contributed by atoms with Gasteiger partial charge < -0.3 is 5.32 Å². The Morgan fingerprint density at radius 1 is 1.64 bits per heavy atom. The Morgan fingerprint density at radius 3 is 2.77 bits per heavy atom. The molecule has 5 nitrogen and oxygen atoms in total. The minimum atomic E-state index is -2.75. The van der Waals surface area contributed by atoms with E-state index in [1.165, 1.54) is 6.20 Å². The second-order valence-electron chi connectivity index (χ2n) is 5.43. The van der Waals surface area contributed by atoms with Gasteiger partial charge in [-0.1, -0.05) is 24.1 Å². The Balaban J connectivity index is 2.10. The third-order valence-corrected chi connectivity index (χ3v) is 3.53. The number of aliphatic imine (C=N–C) groups is 1. The number of nitrogens with one attached hydrogen (secondary N) is 2. The Hall–Kier alpha value is -1.76. The predicted molar refractivity (Wildman–Crippen MR) is 84.3 cm³/mol. The largest absolute Gasteiger partial charge is 0.321 e. The molecule has 0 amide bonds. The van der Waals surface area contributed by atoms with Crippen molar-refractivity contribution in [3.63, 3.8) is 0 Å². The number of hydrogen-bond donors (Lipinski definition) is 2. The number of alkyl halides is 2. The van der Waals surface area contributed by atoms with Crippen LogP contribution in [0.5, 0.6) is 0 Å². The molecule has 1 aromatic heterocycles. The zero-order chi connectivity index (χ0) is 16.5. The molecule has 120 valence electrons. The molecule has 0 radical (unpaired) electrons. The topological polar surface area (TPSA) is 66.1 Å². The summed E-state index contributed by atoms with van der Waals surface area (Å²) in [6.45, 7) is 5.82. The van der Waals surface area contributed by atoms with Gasteiger partial charge in [0.2, 0.25) is 5.96 Å². The Labute approximate surface area is 132 Å².